The Morgan fingerprint density at radius 1 is 1.15 bits per heavy atom. The Bertz CT molecular complexity index is 617. The first-order valence-electron chi connectivity index (χ1n) is 11.1. The number of aliphatic hydroxyl groups excluding tert-OH is 1. The normalized spacial score (nSPS) is 55.5. The zero-order valence-corrected chi connectivity index (χ0v) is 17.6. The largest absolute Gasteiger partial charge is 0.393 e. The Kier molecular flexibility index (Phi) is 4.17. The van der Waals surface area contributed by atoms with Crippen LogP contribution < -0.4 is 0 Å². The van der Waals surface area contributed by atoms with Crippen LogP contribution in [0, 0.1) is 34.5 Å². The predicted molar refractivity (Wildman–Crippen MR) is 108 cm³/mol. The summed E-state index contributed by atoms with van der Waals surface area (Å²) in [6.45, 7) is 8.21. The quantitative estimate of drug-likeness (QED) is 0.654. The van der Waals surface area contributed by atoms with E-state index in [1.807, 2.05) is 0 Å². The van der Waals surface area contributed by atoms with Gasteiger partial charge in [-0.05, 0) is 87.2 Å². The smallest absolute Gasteiger partial charge is 0.114 e. The minimum absolute atomic E-state index is 0.0604. The van der Waals surface area contributed by atoms with Crippen molar-refractivity contribution < 1.29 is 9.84 Å². The Morgan fingerprint density at radius 3 is 2.81 bits per heavy atom. The van der Waals surface area contributed by atoms with E-state index in [2.05, 4.69) is 38.6 Å². The predicted octanol–water partition coefficient (Wildman–Crippen LogP) is 5.41. The Balaban J connectivity index is 1.46. The van der Waals surface area contributed by atoms with E-state index in [1.54, 1.807) is 5.57 Å². The molecule has 8 atom stereocenters. The van der Waals surface area contributed by atoms with Crippen molar-refractivity contribution in [3.8, 4) is 0 Å². The van der Waals surface area contributed by atoms with Gasteiger partial charge in [-0.25, -0.2) is 0 Å². The summed E-state index contributed by atoms with van der Waals surface area (Å²) >= 11 is 2.05. The van der Waals surface area contributed by atoms with Crippen LogP contribution >= 0.6 is 11.8 Å². The zero-order valence-electron chi connectivity index (χ0n) is 16.8. The molecule has 1 saturated heterocycles. The molecule has 1 aliphatic heterocycles. The molecule has 146 valence electrons. The van der Waals surface area contributed by atoms with Gasteiger partial charge in [-0.3, -0.25) is 0 Å². The highest BCUT2D eigenvalue weighted by Gasteiger charge is 2.67. The van der Waals surface area contributed by atoms with Crippen LogP contribution in [0.2, 0.25) is 0 Å². The molecular weight excluding hydrogens is 340 g/mol. The lowest BCUT2D eigenvalue weighted by molar-refractivity contribution is -0.0542. The van der Waals surface area contributed by atoms with Crippen LogP contribution in [0.5, 0.6) is 0 Å². The van der Waals surface area contributed by atoms with Crippen LogP contribution in [0.1, 0.15) is 72.1 Å². The molecule has 1 N–H and O–H groups in total. The standard InChI is InChI=1S/C23H36O2S/c1-4-26-22(3)20-8-7-19-17-6-5-15-13-16(24)9-11-21(15,2)18(17)10-12-23(19,20)14-25-22/h5,16-20,24H,4,6-14H2,1-3H3/t16-,17+,18-,19-,20+,21-,22?,23+/m0/s1. The number of thioether (sulfide) groups is 1. The molecule has 26 heavy (non-hydrogen) atoms. The fraction of sp³-hybridized carbons (Fsp3) is 0.913. The molecule has 0 bridgehead atoms. The van der Waals surface area contributed by atoms with Gasteiger partial charge in [-0.2, -0.15) is 0 Å². The fourth-order valence-corrected chi connectivity index (χ4v) is 9.59. The van der Waals surface area contributed by atoms with E-state index in [0.29, 0.717) is 10.8 Å². The van der Waals surface area contributed by atoms with Crippen LogP contribution in [0.3, 0.4) is 0 Å². The monoisotopic (exact) mass is 376 g/mol. The van der Waals surface area contributed by atoms with Gasteiger partial charge in [0.2, 0.25) is 0 Å². The Hall–Kier alpha value is 0.01000. The summed E-state index contributed by atoms with van der Waals surface area (Å²) in [6.07, 6.45) is 12.4. The maximum atomic E-state index is 10.2. The van der Waals surface area contributed by atoms with Crippen LogP contribution in [-0.4, -0.2) is 28.5 Å². The second kappa shape index (κ2) is 6.00. The average Bonchev–Trinajstić information content (AvgIpc) is 3.12. The number of allylic oxidation sites excluding steroid dienone is 1. The van der Waals surface area contributed by atoms with E-state index in [0.717, 1.165) is 48.9 Å². The number of rotatable bonds is 2. The van der Waals surface area contributed by atoms with Crippen molar-refractivity contribution >= 4 is 11.8 Å². The third-order valence-electron chi connectivity index (χ3n) is 9.49. The van der Waals surface area contributed by atoms with Gasteiger partial charge in [0.05, 0.1) is 12.7 Å². The maximum absolute atomic E-state index is 10.2. The second-order valence-electron chi connectivity index (χ2n) is 10.3. The molecule has 0 aromatic carbocycles. The molecule has 3 heteroatoms. The summed E-state index contributed by atoms with van der Waals surface area (Å²) in [6, 6.07) is 0. The first-order chi connectivity index (χ1) is 12.4. The summed E-state index contributed by atoms with van der Waals surface area (Å²) in [5.74, 6) is 4.49. The Morgan fingerprint density at radius 2 is 2.00 bits per heavy atom. The van der Waals surface area contributed by atoms with Gasteiger partial charge in [0, 0.05) is 11.3 Å². The highest BCUT2D eigenvalue weighted by molar-refractivity contribution is 8.00. The number of hydrogen-bond donors (Lipinski definition) is 1. The van der Waals surface area contributed by atoms with Crippen molar-refractivity contribution in [1.29, 1.82) is 0 Å². The van der Waals surface area contributed by atoms with Crippen molar-refractivity contribution in [3.63, 3.8) is 0 Å². The third-order valence-corrected chi connectivity index (χ3v) is 10.7. The molecule has 1 heterocycles. The highest BCUT2D eigenvalue weighted by Crippen LogP contribution is 2.71. The number of fused-ring (bicyclic) bond motifs is 4. The van der Waals surface area contributed by atoms with E-state index in [-0.39, 0.29) is 11.0 Å². The van der Waals surface area contributed by atoms with E-state index >= 15 is 0 Å². The van der Waals surface area contributed by atoms with Crippen molar-refractivity contribution in [2.24, 2.45) is 34.5 Å². The molecule has 4 fully saturated rings. The van der Waals surface area contributed by atoms with Crippen molar-refractivity contribution in [2.45, 2.75) is 83.2 Å². The van der Waals surface area contributed by atoms with Crippen LogP contribution in [0.15, 0.2) is 11.6 Å². The lowest BCUT2D eigenvalue weighted by Gasteiger charge is -2.57. The summed E-state index contributed by atoms with van der Waals surface area (Å²) in [5, 5.41) is 10.2. The molecular formula is C23H36O2S. The molecule has 0 amide bonds. The van der Waals surface area contributed by atoms with Gasteiger partial charge in [0.15, 0.2) is 0 Å². The molecule has 4 aliphatic carbocycles. The van der Waals surface area contributed by atoms with E-state index < -0.39 is 0 Å². The molecule has 0 aromatic rings. The van der Waals surface area contributed by atoms with Crippen molar-refractivity contribution in [1.82, 2.24) is 0 Å². The van der Waals surface area contributed by atoms with Gasteiger partial charge in [-0.1, -0.05) is 25.5 Å². The lowest BCUT2D eigenvalue weighted by atomic mass is 9.47. The number of ether oxygens (including phenoxy) is 1. The summed E-state index contributed by atoms with van der Waals surface area (Å²) < 4.78 is 6.55. The minimum atomic E-state index is -0.0910. The van der Waals surface area contributed by atoms with E-state index in [1.165, 1.54) is 38.5 Å². The van der Waals surface area contributed by atoms with Crippen LogP contribution in [-0.2, 0) is 4.74 Å². The average molecular weight is 377 g/mol. The van der Waals surface area contributed by atoms with Gasteiger partial charge in [0.1, 0.15) is 4.93 Å². The summed E-state index contributed by atoms with van der Waals surface area (Å²) in [7, 11) is 0. The molecule has 1 spiro atoms. The zero-order chi connectivity index (χ0) is 18.2. The molecule has 5 rings (SSSR count). The van der Waals surface area contributed by atoms with Crippen LogP contribution in [0.25, 0.3) is 0 Å². The number of hydrogen-bond acceptors (Lipinski definition) is 3. The molecule has 0 aromatic heterocycles. The van der Waals surface area contributed by atoms with Gasteiger partial charge < -0.3 is 9.84 Å². The lowest BCUT2D eigenvalue weighted by Crippen LogP contribution is -2.51. The molecule has 3 saturated carbocycles. The van der Waals surface area contributed by atoms with E-state index in [4.69, 9.17) is 4.74 Å². The summed E-state index contributed by atoms with van der Waals surface area (Å²) in [4.78, 5) is 0.0604. The fourth-order valence-electron chi connectivity index (χ4n) is 8.32. The van der Waals surface area contributed by atoms with E-state index in [9.17, 15) is 5.11 Å². The van der Waals surface area contributed by atoms with Gasteiger partial charge in [0.25, 0.3) is 0 Å². The van der Waals surface area contributed by atoms with Crippen LogP contribution in [0.4, 0.5) is 0 Å². The second-order valence-corrected chi connectivity index (χ2v) is 12.0. The molecule has 0 radical (unpaired) electrons. The number of aliphatic hydroxyl groups is 1. The Labute approximate surface area is 163 Å². The van der Waals surface area contributed by atoms with Gasteiger partial charge in [-0.15, -0.1) is 11.8 Å². The summed E-state index contributed by atoms with van der Waals surface area (Å²) in [5.41, 5.74) is 2.42. The highest BCUT2D eigenvalue weighted by atomic mass is 32.2. The topological polar surface area (TPSA) is 29.5 Å². The molecule has 2 nitrogen and oxygen atoms in total. The van der Waals surface area contributed by atoms with Crippen molar-refractivity contribution in [2.75, 3.05) is 12.4 Å². The third kappa shape index (κ3) is 2.26. The van der Waals surface area contributed by atoms with Crippen molar-refractivity contribution in [3.05, 3.63) is 11.6 Å². The molecule has 1 unspecified atom stereocenters. The maximum Gasteiger partial charge on any atom is 0.114 e. The SMILES string of the molecule is CCSC1(C)OC[C@]23CC[C@H]4[C@@H](CC=C5C[C@@H](O)CC[C@@]54C)[C@@H]2CC[C@H]13. The molecule has 5 aliphatic rings. The van der Waals surface area contributed by atoms with Gasteiger partial charge >= 0.3 is 0 Å². The first kappa shape index (κ1) is 18.1. The minimum Gasteiger partial charge on any atom is -0.393 e. The first-order valence-corrected chi connectivity index (χ1v) is 12.1.